The average Bonchev–Trinajstić information content (AvgIpc) is 2.82. The molecular weight excluding hydrogens is 278 g/mol. The van der Waals surface area contributed by atoms with E-state index in [1.165, 1.54) is 0 Å². The Bertz CT molecular complexity index is 778. The van der Waals surface area contributed by atoms with Gasteiger partial charge < -0.3 is 14.6 Å². The molecule has 1 aromatic heterocycles. The average molecular weight is 297 g/mol. The van der Waals surface area contributed by atoms with Crippen molar-refractivity contribution in [3.05, 3.63) is 40.9 Å². The lowest BCUT2D eigenvalue weighted by molar-refractivity contribution is 0.0224. The van der Waals surface area contributed by atoms with Crippen molar-refractivity contribution in [3.8, 4) is 0 Å². The van der Waals surface area contributed by atoms with Crippen LogP contribution in [0.5, 0.6) is 0 Å². The maximum atomic E-state index is 12.2. The number of carbonyl (C=O) groups excluding carboxylic acids is 1. The highest BCUT2D eigenvalue weighted by Gasteiger charge is 2.27. The van der Waals surface area contributed by atoms with E-state index < -0.39 is 5.60 Å². The van der Waals surface area contributed by atoms with Crippen LogP contribution in [-0.4, -0.2) is 28.1 Å². The highest BCUT2D eigenvalue weighted by atomic mass is 16.6. The molecule has 2 aromatic rings. The summed E-state index contributed by atoms with van der Waals surface area (Å²) in [6, 6.07) is 5.62. The molecular formula is C17H19N3O2. The van der Waals surface area contributed by atoms with Crippen LogP contribution in [0.1, 0.15) is 32.0 Å². The van der Waals surface area contributed by atoms with E-state index in [1.54, 1.807) is 4.90 Å². The van der Waals surface area contributed by atoms with Crippen molar-refractivity contribution in [2.45, 2.75) is 39.3 Å². The molecule has 3 rings (SSSR count). The van der Waals surface area contributed by atoms with Crippen molar-refractivity contribution in [1.29, 1.82) is 0 Å². The predicted octanol–water partition coefficient (Wildman–Crippen LogP) is 4.01. The van der Waals surface area contributed by atoms with Crippen LogP contribution in [0.2, 0.25) is 0 Å². The largest absolute Gasteiger partial charge is 0.444 e. The minimum absolute atomic E-state index is 0.283. The number of aromatic amines is 1. The number of hydrogen-bond acceptors (Lipinski definition) is 2. The Morgan fingerprint density at radius 2 is 2.18 bits per heavy atom. The molecule has 1 aliphatic heterocycles. The van der Waals surface area contributed by atoms with E-state index in [-0.39, 0.29) is 6.09 Å². The standard InChI is InChI=1S/C17H19N3O2/c1-17(2,3)22-16(21)20-8-7-15-13(10-20)12-9-11(18-4)5-6-14(12)19-15/h5-6,9,19H,7-8,10H2,1-3H3. The van der Waals surface area contributed by atoms with Gasteiger partial charge in [0.1, 0.15) is 5.60 Å². The summed E-state index contributed by atoms with van der Waals surface area (Å²) >= 11 is 0. The molecule has 1 N–H and O–H groups in total. The minimum atomic E-state index is -0.491. The van der Waals surface area contributed by atoms with E-state index >= 15 is 0 Å². The zero-order valence-corrected chi connectivity index (χ0v) is 13.1. The van der Waals surface area contributed by atoms with Crippen molar-refractivity contribution < 1.29 is 9.53 Å². The molecule has 0 aliphatic carbocycles. The third-order valence-corrected chi connectivity index (χ3v) is 3.74. The van der Waals surface area contributed by atoms with Crippen LogP contribution < -0.4 is 0 Å². The lowest BCUT2D eigenvalue weighted by Gasteiger charge is -2.30. The van der Waals surface area contributed by atoms with Crippen molar-refractivity contribution in [2.75, 3.05) is 6.54 Å². The van der Waals surface area contributed by atoms with Crippen molar-refractivity contribution >= 4 is 22.7 Å². The van der Waals surface area contributed by atoms with Crippen LogP contribution in [0.4, 0.5) is 10.5 Å². The van der Waals surface area contributed by atoms with E-state index in [9.17, 15) is 4.79 Å². The van der Waals surface area contributed by atoms with Crippen LogP contribution in [0.3, 0.4) is 0 Å². The Kier molecular flexibility index (Phi) is 3.32. The first-order valence-corrected chi connectivity index (χ1v) is 7.36. The number of rotatable bonds is 0. The number of aromatic nitrogens is 1. The molecule has 5 heteroatoms. The molecule has 0 unspecified atom stereocenters. The minimum Gasteiger partial charge on any atom is -0.444 e. The fourth-order valence-corrected chi connectivity index (χ4v) is 2.75. The molecule has 22 heavy (non-hydrogen) atoms. The molecule has 0 atom stereocenters. The Morgan fingerprint density at radius 1 is 1.41 bits per heavy atom. The van der Waals surface area contributed by atoms with Crippen LogP contribution in [0.25, 0.3) is 15.7 Å². The first-order chi connectivity index (χ1) is 10.4. The first-order valence-electron chi connectivity index (χ1n) is 7.36. The van der Waals surface area contributed by atoms with E-state index in [0.29, 0.717) is 18.8 Å². The number of H-pyrrole nitrogens is 1. The summed E-state index contributed by atoms with van der Waals surface area (Å²) in [7, 11) is 0. The third kappa shape index (κ3) is 2.64. The molecule has 1 amide bonds. The summed E-state index contributed by atoms with van der Waals surface area (Å²) < 4.78 is 5.45. The number of hydrogen-bond donors (Lipinski definition) is 1. The fraction of sp³-hybridized carbons (Fsp3) is 0.412. The maximum absolute atomic E-state index is 12.2. The molecule has 1 aromatic carbocycles. The summed E-state index contributed by atoms with van der Waals surface area (Å²) in [6.07, 6.45) is 0.491. The Labute approximate surface area is 129 Å². The topological polar surface area (TPSA) is 49.7 Å². The van der Waals surface area contributed by atoms with E-state index in [4.69, 9.17) is 11.3 Å². The van der Waals surface area contributed by atoms with Crippen molar-refractivity contribution in [2.24, 2.45) is 0 Å². The quantitative estimate of drug-likeness (QED) is 0.747. The molecule has 5 nitrogen and oxygen atoms in total. The van der Waals surface area contributed by atoms with Crippen molar-refractivity contribution in [1.82, 2.24) is 9.88 Å². The normalized spacial score (nSPS) is 14.5. The number of amides is 1. The summed E-state index contributed by atoms with van der Waals surface area (Å²) in [4.78, 5) is 20.9. The summed E-state index contributed by atoms with van der Waals surface area (Å²) in [5.74, 6) is 0. The molecule has 2 heterocycles. The Balaban J connectivity index is 1.91. The highest BCUT2D eigenvalue weighted by Crippen LogP contribution is 2.31. The summed E-state index contributed by atoms with van der Waals surface area (Å²) in [6.45, 7) is 13.9. The zero-order valence-electron chi connectivity index (χ0n) is 13.1. The molecule has 0 spiro atoms. The molecule has 0 fully saturated rings. The van der Waals surface area contributed by atoms with Gasteiger partial charge in [0.2, 0.25) is 0 Å². The number of nitrogens with zero attached hydrogens (tertiary/aromatic N) is 2. The van der Waals surface area contributed by atoms with Gasteiger partial charge in [0.25, 0.3) is 0 Å². The van der Waals surface area contributed by atoms with Crippen LogP contribution >= 0.6 is 0 Å². The summed E-state index contributed by atoms with van der Waals surface area (Å²) in [5, 5.41) is 1.02. The lowest BCUT2D eigenvalue weighted by Crippen LogP contribution is -2.39. The monoisotopic (exact) mass is 297 g/mol. The second-order valence-corrected chi connectivity index (χ2v) is 6.58. The Morgan fingerprint density at radius 3 is 2.86 bits per heavy atom. The number of carbonyl (C=O) groups is 1. The first kappa shape index (κ1) is 14.5. The van der Waals surface area contributed by atoms with Gasteiger partial charge in [0, 0.05) is 24.2 Å². The van der Waals surface area contributed by atoms with Gasteiger partial charge >= 0.3 is 6.09 Å². The summed E-state index contributed by atoms with van der Waals surface area (Å²) in [5.41, 5.74) is 3.39. The SMILES string of the molecule is [C-]#[N+]c1ccc2[nH]c3c(c2c1)CN(C(=O)OC(C)(C)C)CC3. The van der Waals surface area contributed by atoms with Gasteiger partial charge in [-0.3, -0.25) is 0 Å². The maximum Gasteiger partial charge on any atom is 0.410 e. The van der Waals surface area contributed by atoms with Gasteiger partial charge in [0.15, 0.2) is 5.69 Å². The lowest BCUT2D eigenvalue weighted by atomic mass is 10.0. The molecule has 0 bridgehead atoms. The second-order valence-electron chi connectivity index (χ2n) is 6.58. The third-order valence-electron chi connectivity index (χ3n) is 3.74. The van der Waals surface area contributed by atoms with Crippen LogP contribution in [0, 0.1) is 6.57 Å². The number of fused-ring (bicyclic) bond motifs is 3. The molecule has 0 saturated carbocycles. The van der Waals surface area contributed by atoms with Gasteiger partial charge in [-0.2, -0.15) is 0 Å². The molecule has 114 valence electrons. The number of nitrogens with one attached hydrogen (secondary N) is 1. The van der Waals surface area contributed by atoms with Crippen molar-refractivity contribution in [3.63, 3.8) is 0 Å². The van der Waals surface area contributed by atoms with E-state index in [1.807, 2.05) is 39.0 Å². The smallest absolute Gasteiger partial charge is 0.410 e. The van der Waals surface area contributed by atoms with Crippen LogP contribution in [0.15, 0.2) is 18.2 Å². The molecule has 0 saturated heterocycles. The second kappa shape index (κ2) is 5.06. The molecule has 0 radical (unpaired) electrons. The number of benzene rings is 1. The molecule has 1 aliphatic rings. The Hall–Kier alpha value is -2.48. The van der Waals surface area contributed by atoms with Gasteiger partial charge in [-0.15, -0.1) is 0 Å². The van der Waals surface area contributed by atoms with Gasteiger partial charge in [-0.25, -0.2) is 9.64 Å². The van der Waals surface area contributed by atoms with Gasteiger partial charge in [-0.1, -0.05) is 6.07 Å². The van der Waals surface area contributed by atoms with Crippen LogP contribution in [-0.2, 0) is 17.7 Å². The predicted molar refractivity (Wildman–Crippen MR) is 84.9 cm³/mol. The highest BCUT2D eigenvalue weighted by molar-refractivity contribution is 5.88. The zero-order chi connectivity index (χ0) is 15.9. The van der Waals surface area contributed by atoms with Gasteiger partial charge in [0.05, 0.1) is 13.1 Å². The van der Waals surface area contributed by atoms with E-state index in [0.717, 1.165) is 28.6 Å². The van der Waals surface area contributed by atoms with Gasteiger partial charge in [-0.05, 0) is 43.9 Å². The number of ether oxygens (including phenoxy) is 1. The van der Waals surface area contributed by atoms with E-state index in [2.05, 4.69) is 9.83 Å². The fourth-order valence-electron chi connectivity index (χ4n) is 2.75.